The fourth-order valence-corrected chi connectivity index (χ4v) is 2.19. The number of aryl methyl sites for hydroxylation is 1. The highest BCUT2D eigenvalue weighted by molar-refractivity contribution is 6.31. The molecule has 0 aliphatic heterocycles. The molecular formula is C14H12ClFN2O3. The van der Waals surface area contributed by atoms with Gasteiger partial charge in [0.15, 0.2) is 5.78 Å². The Labute approximate surface area is 124 Å². The number of carbonyl (C=O) groups is 1. The summed E-state index contributed by atoms with van der Waals surface area (Å²) in [6.45, 7) is 0. The molecule has 0 amide bonds. The van der Waals surface area contributed by atoms with Crippen LogP contribution in [0.15, 0.2) is 34.0 Å². The van der Waals surface area contributed by atoms with Crippen molar-refractivity contribution in [3.63, 3.8) is 0 Å². The van der Waals surface area contributed by atoms with E-state index < -0.39 is 22.8 Å². The Bertz CT molecular complexity index is 819. The summed E-state index contributed by atoms with van der Waals surface area (Å²) in [6.07, 6.45) is 0.806. The molecule has 0 atom stereocenters. The van der Waals surface area contributed by atoms with Gasteiger partial charge >= 0.3 is 5.69 Å². The average Bonchev–Trinajstić information content (AvgIpc) is 2.44. The maximum Gasteiger partial charge on any atom is 0.330 e. The number of hydrogen-bond acceptors (Lipinski definition) is 3. The van der Waals surface area contributed by atoms with Crippen LogP contribution in [-0.2, 0) is 20.5 Å². The molecule has 0 spiro atoms. The van der Waals surface area contributed by atoms with E-state index in [4.69, 9.17) is 11.6 Å². The molecule has 0 aliphatic rings. The Kier molecular flexibility index (Phi) is 4.09. The zero-order valence-electron chi connectivity index (χ0n) is 11.4. The number of halogens is 2. The molecule has 1 aromatic heterocycles. The molecule has 7 heteroatoms. The minimum absolute atomic E-state index is 0.0278. The lowest BCUT2D eigenvalue weighted by Gasteiger charge is -2.07. The van der Waals surface area contributed by atoms with Crippen molar-refractivity contribution in [3.05, 3.63) is 67.2 Å². The van der Waals surface area contributed by atoms with Crippen LogP contribution in [0.3, 0.4) is 0 Å². The lowest BCUT2D eigenvalue weighted by molar-refractivity contribution is 0.0989. The molecule has 0 saturated carbocycles. The third kappa shape index (κ3) is 2.80. The third-order valence-electron chi connectivity index (χ3n) is 3.15. The van der Waals surface area contributed by atoms with Crippen LogP contribution in [-0.4, -0.2) is 14.9 Å². The molecule has 2 rings (SSSR count). The fourth-order valence-electron chi connectivity index (χ4n) is 1.96. The number of hydrogen-bond donors (Lipinski definition) is 0. The fraction of sp³-hybridized carbons (Fsp3) is 0.214. The van der Waals surface area contributed by atoms with Crippen molar-refractivity contribution in [2.45, 2.75) is 6.42 Å². The highest BCUT2D eigenvalue weighted by Crippen LogP contribution is 2.20. The molecule has 2 aromatic rings. The minimum atomic E-state index is -0.712. The second-order valence-electron chi connectivity index (χ2n) is 4.60. The molecule has 0 aliphatic carbocycles. The van der Waals surface area contributed by atoms with E-state index in [9.17, 15) is 18.8 Å². The van der Waals surface area contributed by atoms with E-state index in [1.165, 1.54) is 32.3 Å². The summed E-state index contributed by atoms with van der Waals surface area (Å²) in [5.74, 6) is -1.21. The van der Waals surface area contributed by atoms with Gasteiger partial charge in [-0.3, -0.25) is 14.2 Å². The SMILES string of the molecule is Cn1cc(C(=O)Cc2c(F)cccc2Cl)c(=O)n(C)c1=O. The van der Waals surface area contributed by atoms with Gasteiger partial charge in [-0.05, 0) is 12.1 Å². The number of Topliss-reactive ketones (excluding diaryl/α,β-unsaturated/α-hetero) is 1. The Balaban J connectivity index is 2.48. The summed E-state index contributed by atoms with van der Waals surface area (Å²) in [7, 11) is 2.70. The zero-order valence-corrected chi connectivity index (χ0v) is 12.1. The number of ketones is 1. The Morgan fingerprint density at radius 2 is 1.95 bits per heavy atom. The smallest absolute Gasteiger partial charge is 0.303 e. The lowest BCUT2D eigenvalue weighted by Crippen LogP contribution is -2.39. The van der Waals surface area contributed by atoms with Gasteiger partial charge in [0.1, 0.15) is 5.82 Å². The zero-order chi connectivity index (χ0) is 15.7. The van der Waals surface area contributed by atoms with Gasteiger partial charge in [0.05, 0.1) is 5.56 Å². The van der Waals surface area contributed by atoms with Crippen molar-refractivity contribution in [2.24, 2.45) is 14.1 Å². The summed E-state index contributed by atoms with van der Waals surface area (Å²) < 4.78 is 15.6. The highest BCUT2D eigenvalue weighted by atomic mass is 35.5. The molecule has 0 N–H and O–H groups in total. The number of carbonyl (C=O) groups excluding carboxylic acids is 1. The van der Waals surface area contributed by atoms with Crippen LogP contribution < -0.4 is 11.2 Å². The van der Waals surface area contributed by atoms with Crippen molar-refractivity contribution in [1.82, 2.24) is 9.13 Å². The van der Waals surface area contributed by atoms with Gasteiger partial charge in [0.2, 0.25) is 0 Å². The Hall–Kier alpha value is -2.21. The lowest BCUT2D eigenvalue weighted by atomic mass is 10.0. The van der Waals surface area contributed by atoms with E-state index in [0.717, 1.165) is 15.3 Å². The Morgan fingerprint density at radius 1 is 1.29 bits per heavy atom. The second kappa shape index (κ2) is 5.65. The van der Waals surface area contributed by atoms with E-state index in [-0.39, 0.29) is 22.6 Å². The van der Waals surface area contributed by atoms with Crippen LogP contribution in [0.4, 0.5) is 4.39 Å². The molecule has 21 heavy (non-hydrogen) atoms. The van der Waals surface area contributed by atoms with E-state index in [2.05, 4.69) is 0 Å². The first kappa shape index (κ1) is 15.2. The first-order valence-electron chi connectivity index (χ1n) is 6.05. The topological polar surface area (TPSA) is 61.1 Å². The molecule has 110 valence electrons. The van der Waals surface area contributed by atoms with Gasteiger partial charge in [-0.25, -0.2) is 9.18 Å². The molecular weight excluding hydrogens is 299 g/mol. The van der Waals surface area contributed by atoms with Crippen molar-refractivity contribution in [3.8, 4) is 0 Å². The van der Waals surface area contributed by atoms with E-state index in [1.54, 1.807) is 0 Å². The maximum atomic E-state index is 13.7. The molecule has 1 aromatic carbocycles. The van der Waals surface area contributed by atoms with Crippen molar-refractivity contribution in [1.29, 1.82) is 0 Å². The molecule has 5 nitrogen and oxygen atoms in total. The predicted molar refractivity (Wildman–Crippen MR) is 76.4 cm³/mol. The summed E-state index contributed by atoms with van der Waals surface area (Å²) in [4.78, 5) is 35.7. The Morgan fingerprint density at radius 3 is 2.57 bits per heavy atom. The monoisotopic (exact) mass is 310 g/mol. The van der Waals surface area contributed by atoms with Crippen LogP contribution in [0.5, 0.6) is 0 Å². The maximum absolute atomic E-state index is 13.7. The predicted octanol–water partition coefficient (Wildman–Crippen LogP) is 1.30. The van der Waals surface area contributed by atoms with Crippen LogP contribution in [0, 0.1) is 5.82 Å². The van der Waals surface area contributed by atoms with E-state index in [1.807, 2.05) is 0 Å². The summed E-state index contributed by atoms with van der Waals surface area (Å²) in [6, 6.07) is 4.08. The molecule has 0 radical (unpaired) electrons. The molecule has 0 saturated heterocycles. The molecule has 0 fully saturated rings. The van der Waals surface area contributed by atoms with Crippen molar-refractivity contribution in [2.75, 3.05) is 0 Å². The van der Waals surface area contributed by atoms with Gasteiger partial charge in [-0.15, -0.1) is 0 Å². The number of benzene rings is 1. The molecule has 0 bridgehead atoms. The van der Waals surface area contributed by atoms with E-state index in [0.29, 0.717) is 0 Å². The summed E-state index contributed by atoms with van der Waals surface area (Å²) in [5, 5.41) is 0.116. The number of nitrogens with zero attached hydrogens (tertiary/aromatic N) is 2. The largest absolute Gasteiger partial charge is 0.330 e. The third-order valence-corrected chi connectivity index (χ3v) is 3.50. The van der Waals surface area contributed by atoms with Gasteiger partial charge in [0, 0.05) is 37.3 Å². The van der Waals surface area contributed by atoms with Crippen LogP contribution in [0.1, 0.15) is 15.9 Å². The van der Waals surface area contributed by atoms with Gasteiger partial charge < -0.3 is 4.57 Å². The van der Waals surface area contributed by atoms with Gasteiger partial charge in [-0.2, -0.15) is 0 Å². The van der Waals surface area contributed by atoms with Crippen LogP contribution >= 0.6 is 11.6 Å². The summed E-state index contributed by atoms with van der Waals surface area (Å²) >= 11 is 5.86. The normalized spacial score (nSPS) is 10.7. The first-order valence-corrected chi connectivity index (χ1v) is 6.43. The van der Waals surface area contributed by atoms with Gasteiger partial charge in [-0.1, -0.05) is 17.7 Å². The quantitative estimate of drug-likeness (QED) is 0.803. The van der Waals surface area contributed by atoms with Crippen LogP contribution in [0.25, 0.3) is 0 Å². The summed E-state index contributed by atoms with van der Waals surface area (Å²) in [5.41, 5.74) is -1.41. The number of rotatable bonds is 3. The minimum Gasteiger partial charge on any atom is -0.303 e. The van der Waals surface area contributed by atoms with Crippen LogP contribution in [0.2, 0.25) is 5.02 Å². The van der Waals surface area contributed by atoms with Crippen molar-refractivity contribution < 1.29 is 9.18 Å². The van der Waals surface area contributed by atoms with E-state index >= 15 is 0 Å². The molecule has 0 unspecified atom stereocenters. The van der Waals surface area contributed by atoms with Gasteiger partial charge in [0.25, 0.3) is 5.56 Å². The first-order chi connectivity index (χ1) is 9.82. The van der Waals surface area contributed by atoms with Crippen molar-refractivity contribution >= 4 is 17.4 Å². The molecule has 1 heterocycles. The standard InChI is InChI=1S/C14H12ClFN2O3/c1-17-7-9(13(20)18(2)14(17)21)12(19)6-8-10(15)4-3-5-11(8)16/h3-5,7H,6H2,1-2H3. The second-order valence-corrected chi connectivity index (χ2v) is 5.01. The highest BCUT2D eigenvalue weighted by Gasteiger charge is 2.18. The number of aromatic nitrogens is 2. The average molecular weight is 311 g/mol.